The van der Waals surface area contributed by atoms with Gasteiger partial charge in [-0.15, -0.1) is 11.6 Å². The highest BCUT2D eigenvalue weighted by atomic mass is 35.5. The Balaban J connectivity index is 2.68. The van der Waals surface area contributed by atoms with E-state index in [1.54, 1.807) is 0 Å². The summed E-state index contributed by atoms with van der Waals surface area (Å²) in [6.07, 6.45) is -0.864. The number of alkyl halides is 1. The predicted octanol–water partition coefficient (Wildman–Crippen LogP) is 2.32. The fourth-order valence-electron chi connectivity index (χ4n) is 1.04. The number of carbonyl (C=O) groups is 1. The predicted molar refractivity (Wildman–Crippen MR) is 55.4 cm³/mol. The van der Waals surface area contributed by atoms with Crippen LogP contribution >= 0.6 is 11.6 Å². The third kappa shape index (κ3) is 2.92. The van der Waals surface area contributed by atoms with Crippen molar-refractivity contribution in [1.82, 2.24) is 5.32 Å². The number of hydrogen-bond donors (Lipinski definition) is 1. The summed E-state index contributed by atoms with van der Waals surface area (Å²) in [5, 5.41) is 2.38. The molecule has 0 bridgehead atoms. The average molecular weight is 214 g/mol. The van der Waals surface area contributed by atoms with E-state index in [9.17, 15) is 4.79 Å². The number of alkyl carbamates (subject to hydrolysis) is 1. The second kappa shape index (κ2) is 5.50. The minimum Gasteiger partial charge on any atom is -0.440 e. The van der Waals surface area contributed by atoms with Gasteiger partial charge in [0.05, 0.1) is 5.88 Å². The topological polar surface area (TPSA) is 38.3 Å². The van der Waals surface area contributed by atoms with Crippen molar-refractivity contribution in [2.75, 3.05) is 12.9 Å². The van der Waals surface area contributed by atoms with Crippen LogP contribution in [0.25, 0.3) is 0 Å². The van der Waals surface area contributed by atoms with Gasteiger partial charge in [0.25, 0.3) is 0 Å². The number of carbonyl (C=O) groups excluding carboxylic acids is 1. The van der Waals surface area contributed by atoms with Gasteiger partial charge in [0.15, 0.2) is 0 Å². The average Bonchev–Trinajstić information content (AvgIpc) is 2.26. The molecule has 0 saturated heterocycles. The van der Waals surface area contributed by atoms with E-state index in [4.69, 9.17) is 16.3 Å². The standard InChI is InChI=1S/C10H12ClNO2/c1-12-10(13)14-9(7-11)8-5-3-2-4-6-8/h2-6,9H,7H2,1H3,(H,12,13)/t9-/m0/s1. The van der Waals surface area contributed by atoms with E-state index in [1.165, 1.54) is 7.05 Å². The van der Waals surface area contributed by atoms with E-state index in [1.807, 2.05) is 30.3 Å². The Morgan fingerprint density at radius 1 is 1.50 bits per heavy atom. The first kappa shape index (κ1) is 10.9. The Hall–Kier alpha value is -1.22. The van der Waals surface area contributed by atoms with E-state index in [0.29, 0.717) is 0 Å². The minimum atomic E-state index is -0.473. The molecular formula is C10H12ClNO2. The molecule has 0 fully saturated rings. The normalized spacial score (nSPS) is 11.9. The molecule has 0 radical (unpaired) electrons. The van der Waals surface area contributed by atoms with Crippen LogP contribution < -0.4 is 5.32 Å². The Kier molecular flexibility index (Phi) is 4.26. The molecule has 3 nitrogen and oxygen atoms in total. The van der Waals surface area contributed by atoms with E-state index >= 15 is 0 Å². The van der Waals surface area contributed by atoms with Crippen LogP contribution in [0.2, 0.25) is 0 Å². The fraction of sp³-hybridized carbons (Fsp3) is 0.300. The summed E-state index contributed by atoms with van der Waals surface area (Å²) in [6, 6.07) is 9.39. The van der Waals surface area contributed by atoms with Gasteiger partial charge in [-0.3, -0.25) is 0 Å². The molecule has 1 aromatic rings. The van der Waals surface area contributed by atoms with Crippen LogP contribution in [-0.4, -0.2) is 19.0 Å². The van der Waals surface area contributed by atoms with Crippen LogP contribution in [0.1, 0.15) is 11.7 Å². The van der Waals surface area contributed by atoms with Crippen LogP contribution in [0.4, 0.5) is 4.79 Å². The van der Waals surface area contributed by atoms with Gasteiger partial charge < -0.3 is 10.1 Å². The molecule has 14 heavy (non-hydrogen) atoms. The van der Waals surface area contributed by atoms with Crippen molar-refractivity contribution >= 4 is 17.7 Å². The number of nitrogens with one attached hydrogen (secondary N) is 1. The Bertz CT molecular complexity index is 289. The first-order valence-electron chi connectivity index (χ1n) is 4.27. The molecule has 0 heterocycles. The molecule has 0 aromatic heterocycles. The first-order valence-corrected chi connectivity index (χ1v) is 4.80. The molecule has 0 spiro atoms. The molecule has 1 atom stereocenters. The van der Waals surface area contributed by atoms with Crippen molar-refractivity contribution in [3.05, 3.63) is 35.9 Å². The summed E-state index contributed by atoms with van der Waals surface area (Å²) in [4.78, 5) is 11.0. The van der Waals surface area contributed by atoms with E-state index < -0.39 is 12.2 Å². The quantitative estimate of drug-likeness (QED) is 0.783. The van der Waals surface area contributed by atoms with Crippen LogP contribution in [0.3, 0.4) is 0 Å². The van der Waals surface area contributed by atoms with Gasteiger partial charge >= 0.3 is 6.09 Å². The summed E-state index contributed by atoms with van der Waals surface area (Å²) in [6.45, 7) is 0. The highest BCUT2D eigenvalue weighted by Gasteiger charge is 2.13. The maximum atomic E-state index is 11.0. The lowest BCUT2D eigenvalue weighted by Gasteiger charge is -2.14. The van der Waals surface area contributed by atoms with Crippen LogP contribution in [0, 0.1) is 0 Å². The molecular weight excluding hydrogens is 202 g/mol. The molecule has 0 aliphatic heterocycles. The zero-order valence-electron chi connectivity index (χ0n) is 7.87. The van der Waals surface area contributed by atoms with Crippen molar-refractivity contribution in [2.45, 2.75) is 6.10 Å². The first-order chi connectivity index (χ1) is 6.77. The molecule has 1 amide bonds. The van der Waals surface area contributed by atoms with Crippen molar-refractivity contribution in [1.29, 1.82) is 0 Å². The molecule has 76 valence electrons. The van der Waals surface area contributed by atoms with Crippen molar-refractivity contribution in [3.8, 4) is 0 Å². The number of rotatable bonds is 3. The van der Waals surface area contributed by atoms with Crippen molar-refractivity contribution in [3.63, 3.8) is 0 Å². The second-order valence-electron chi connectivity index (χ2n) is 2.71. The Morgan fingerprint density at radius 3 is 2.64 bits per heavy atom. The van der Waals surface area contributed by atoms with Gasteiger partial charge in [-0.25, -0.2) is 4.79 Å². The second-order valence-corrected chi connectivity index (χ2v) is 3.02. The van der Waals surface area contributed by atoms with Gasteiger partial charge in [0.2, 0.25) is 0 Å². The van der Waals surface area contributed by atoms with Gasteiger partial charge in [-0.05, 0) is 5.56 Å². The molecule has 1 aromatic carbocycles. The molecule has 1 N–H and O–H groups in total. The minimum absolute atomic E-state index is 0.247. The molecule has 4 heteroatoms. The lowest BCUT2D eigenvalue weighted by Crippen LogP contribution is -2.22. The Morgan fingerprint density at radius 2 is 2.14 bits per heavy atom. The highest BCUT2D eigenvalue weighted by Crippen LogP contribution is 2.18. The summed E-state index contributed by atoms with van der Waals surface area (Å²) in [7, 11) is 1.51. The zero-order valence-corrected chi connectivity index (χ0v) is 8.62. The lowest BCUT2D eigenvalue weighted by molar-refractivity contribution is 0.111. The molecule has 1 rings (SSSR count). The molecule has 0 unspecified atom stereocenters. The summed E-state index contributed by atoms with van der Waals surface area (Å²) < 4.78 is 5.05. The Labute approximate surface area is 88.0 Å². The largest absolute Gasteiger partial charge is 0.440 e. The number of amides is 1. The van der Waals surface area contributed by atoms with Crippen LogP contribution in [0.15, 0.2) is 30.3 Å². The molecule has 0 aliphatic rings. The molecule has 0 saturated carbocycles. The number of halogens is 1. The smallest absolute Gasteiger partial charge is 0.407 e. The van der Waals surface area contributed by atoms with Gasteiger partial charge in [0, 0.05) is 7.05 Å². The lowest BCUT2D eigenvalue weighted by atomic mass is 10.1. The summed E-state index contributed by atoms with van der Waals surface area (Å²) in [5.74, 6) is 0.247. The number of benzene rings is 1. The van der Waals surface area contributed by atoms with Crippen LogP contribution in [-0.2, 0) is 4.74 Å². The third-order valence-electron chi connectivity index (χ3n) is 1.76. The summed E-state index contributed by atoms with van der Waals surface area (Å²) >= 11 is 5.70. The maximum absolute atomic E-state index is 11.0. The van der Waals surface area contributed by atoms with Gasteiger partial charge in [0.1, 0.15) is 6.10 Å². The third-order valence-corrected chi connectivity index (χ3v) is 2.05. The van der Waals surface area contributed by atoms with Gasteiger partial charge in [-0.2, -0.15) is 0 Å². The van der Waals surface area contributed by atoms with E-state index in [2.05, 4.69) is 5.32 Å². The number of ether oxygens (including phenoxy) is 1. The van der Waals surface area contributed by atoms with Gasteiger partial charge in [-0.1, -0.05) is 30.3 Å². The zero-order chi connectivity index (χ0) is 10.4. The van der Waals surface area contributed by atoms with Crippen LogP contribution in [0.5, 0.6) is 0 Å². The molecule has 0 aliphatic carbocycles. The monoisotopic (exact) mass is 213 g/mol. The van der Waals surface area contributed by atoms with Crippen molar-refractivity contribution in [2.24, 2.45) is 0 Å². The van der Waals surface area contributed by atoms with E-state index in [0.717, 1.165) is 5.56 Å². The fourth-order valence-corrected chi connectivity index (χ4v) is 1.29. The number of hydrogen-bond acceptors (Lipinski definition) is 2. The highest BCUT2D eigenvalue weighted by molar-refractivity contribution is 6.18. The summed E-state index contributed by atoms with van der Waals surface area (Å²) in [5.41, 5.74) is 0.895. The SMILES string of the molecule is CNC(=O)O[C@@H](CCl)c1ccccc1. The van der Waals surface area contributed by atoms with E-state index in [-0.39, 0.29) is 5.88 Å². The van der Waals surface area contributed by atoms with Crippen molar-refractivity contribution < 1.29 is 9.53 Å². The maximum Gasteiger partial charge on any atom is 0.407 e.